The predicted molar refractivity (Wildman–Crippen MR) is 40.3 cm³/mol. The van der Waals surface area contributed by atoms with Gasteiger partial charge in [0.05, 0.1) is 12.1 Å². The van der Waals surface area contributed by atoms with Crippen LogP contribution < -0.4 is 0 Å². The van der Waals surface area contributed by atoms with Crippen LogP contribution in [0.3, 0.4) is 0 Å². The summed E-state index contributed by atoms with van der Waals surface area (Å²) >= 11 is 0. The number of hydrogen-bond acceptors (Lipinski definition) is 2. The normalized spacial score (nSPS) is 9.83. The fourth-order valence-electron chi connectivity index (χ4n) is 0.937. The van der Waals surface area contributed by atoms with Crippen LogP contribution in [0, 0.1) is 12.7 Å². The zero-order valence-electron chi connectivity index (χ0n) is 6.54. The van der Waals surface area contributed by atoms with E-state index < -0.39 is 11.8 Å². The van der Waals surface area contributed by atoms with Crippen molar-refractivity contribution in [2.45, 2.75) is 13.3 Å². The molecule has 1 heterocycles. The van der Waals surface area contributed by atoms with Crippen LogP contribution >= 0.6 is 0 Å². The number of rotatable bonds is 2. The number of aliphatic carboxylic acids is 1. The van der Waals surface area contributed by atoms with Crippen LogP contribution in [0.5, 0.6) is 0 Å². The molecule has 0 aromatic carbocycles. The molecule has 0 amide bonds. The van der Waals surface area contributed by atoms with Crippen LogP contribution in [0.2, 0.25) is 0 Å². The Kier molecular flexibility index (Phi) is 2.38. The SMILES string of the molecule is Cc1cc(F)cc(CC(=O)O)n1. The quantitative estimate of drug-likeness (QED) is 0.722. The first-order valence-corrected chi connectivity index (χ1v) is 3.43. The second-order valence-corrected chi connectivity index (χ2v) is 2.49. The molecule has 0 aliphatic rings. The number of carbonyl (C=O) groups is 1. The topological polar surface area (TPSA) is 50.2 Å². The molecule has 3 nitrogen and oxygen atoms in total. The molecule has 0 saturated heterocycles. The van der Waals surface area contributed by atoms with Gasteiger partial charge in [-0.15, -0.1) is 0 Å². The summed E-state index contributed by atoms with van der Waals surface area (Å²) in [5, 5.41) is 8.39. The molecule has 0 radical (unpaired) electrons. The monoisotopic (exact) mass is 169 g/mol. The van der Waals surface area contributed by atoms with Crippen LogP contribution in [0.25, 0.3) is 0 Å². The Morgan fingerprint density at radius 1 is 1.67 bits per heavy atom. The number of carboxylic acid groups (broad SMARTS) is 1. The molecular weight excluding hydrogens is 161 g/mol. The van der Waals surface area contributed by atoms with E-state index in [4.69, 9.17) is 5.11 Å². The van der Waals surface area contributed by atoms with E-state index in [0.29, 0.717) is 5.69 Å². The summed E-state index contributed by atoms with van der Waals surface area (Å²) in [4.78, 5) is 14.1. The Hall–Kier alpha value is -1.45. The third-order valence-corrected chi connectivity index (χ3v) is 1.30. The van der Waals surface area contributed by atoms with E-state index in [0.717, 1.165) is 6.07 Å². The van der Waals surface area contributed by atoms with Crippen LogP contribution in [-0.4, -0.2) is 16.1 Å². The highest BCUT2D eigenvalue weighted by atomic mass is 19.1. The third-order valence-electron chi connectivity index (χ3n) is 1.30. The largest absolute Gasteiger partial charge is 0.481 e. The molecular formula is C8H8FNO2. The molecule has 1 aromatic rings. The molecule has 1 aromatic heterocycles. The zero-order valence-corrected chi connectivity index (χ0v) is 6.54. The Balaban J connectivity index is 2.93. The lowest BCUT2D eigenvalue weighted by Gasteiger charge is -1.98. The number of hydrogen-bond donors (Lipinski definition) is 1. The summed E-state index contributed by atoms with van der Waals surface area (Å²) < 4.78 is 12.6. The van der Waals surface area contributed by atoms with Crippen molar-refractivity contribution in [2.75, 3.05) is 0 Å². The molecule has 4 heteroatoms. The van der Waals surface area contributed by atoms with Gasteiger partial charge in [0.1, 0.15) is 5.82 Å². The lowest BCUT2D eigenvalue weighted by molar-refractivity contribution is -0.136. The van der Waals surface area contributed by atoms with E-state index in [9.17, 15) is 9.18 Å². The first kappa shape index (κ1) is 8.64. The maximum Gasteiger partial charge on any atom is 0.309 e. The van der Waals surface area contributed by atoms with E-state index in [-0.39, 0.29) is 12.1 Å². The van der Waals surface area contributed by atoms with Crippen LogP contribution in [0.15, 0.2) is 12.1 Å². The highest BCUT2D eigenvalue weighted by molar-refractivity contribution is 5.69. The number of pyridine rings is 1. The number of aryl methyl sites for hydroxylation is 1. The molecule has 1 rings (SSSR count). The average molecular weight is 169 g/mol. The fraction of sp³-hybridized carbons (Fsp3) is 0.250. The van der Waals surface area contributed by atoms with Crippen molar-refractivity contribution in [3.8, 4) is 0 Å². The minimum Gasteiger partial charge on any atom is -0.481 e. The van der Waals surface area contributed by atoms with Crippen molar-refractivity contribution >= 4 is 5.97 Å². The van der Waals surface area contributed by atoms with Gasteiger partial charge in [-0.1, -0.05) is 0 Å². The molecule has 0 fully saturated rings. The smallest absolute Gasteiger partial charge is 0.309 e. The number of halogens is 1. The van der Waals surface area contributed by atoms with Crippen LogP contribution in [0.4, 0.5) is 4.39 Å². The van der Waals surface area contributed by atoms with Gasteiger partial charge in [-0.2, -0.15) is 0 Å². The van der Waals surface area contributed by atoms with Gasteiger partial charge in [0, 0.05) is 5.69 Å². The van der Waals surface area contributed by atoms with E-state index >= 15 is 0 Å². The highest BCUT2D eigenvalue weighted by Gasteiger charge is 2.03. The van der Waals surface area contributed by atoms with Gasteiger partial charge in [-0.25, -0.2) is 4.39 Å². The molecule has 0 saturated carbocycles. The summed E-state index contributed by atoms with van der Waals surface area (Å²) in [5.74, 6) is -1.45. The van der Waals surface area contributed by atoms with Gasteiger partial charge < -0.3 is 5.11 Å². The van der Waals surface area contributed by atoms with Crippen molar-refractivity contribution in [1.29, 1.82) is 0 Å². The third kappa shape index (κ3) is 2.30. The lowest BCUT2D eigenvalue weighted by Crippen LogP contribution is -2.03. The molecule has 1 N–H and O–H groups in total. The molecule has 64 valence electrons. The number of carboxylic acids is 1. The molecule has 0 aliphatic carbocycles. The second-order valence-electron chi connectivity index (χ2n) is 2.49. The first-order chi connectivity index (χ1) is 5.58. The molecule has 0 aliphatic heterocycles. The van der Waals surface area contributed by atoms with Crippen molar-refractivity contribution in [1.82, 2.24) is 4.98 Å². The Morgan fingerprint density at radius 3 is 2.83 bits per heavy atom. The molecule has 0 atom stereocenters. The lowest BCUT2D eigenvalue weighted by atomic mass is 10.2. The van der Waals surface area contributed by atoms with Crippen LogP contribution in [-0.2, 0) is 11.2 Å². The number of nitrogens with zero attached hydrogens (tertiary/aromatic N) is 1. The van der Waals surface area contributed by atoms with Gasteiger partial charge in [0.2, 0.25) is 0 Å². The van der Waals surface area contributed by atoms with Crippen LogP contribution in [0.1, 0.15) is 11.4 Å². The van der Waals surface area contributed by atoms with E-state index in [1.165, 1.54) is 6.07 Å². The molecule has 0 bridgehead atoms. The summed E-state index contributed by atoms with van der Waals surface area (Å²) in [6.45, 7) is 1.62. The molecule has 0 unspecified atom stereocenters. The van der Waals surface area contributed by atoms with Crippen molar-refractivity contribution in [2.24, 2.45) is 0 Å². The Labute approximate surface area is 68.9 Å². The minimum absolute atomic E-state index is 0.238. The van der Waals surface area contributed by atoms with Gasteiger partial charge in [-0.05, 0) is 19.1 Å². The van der Waals surface area contributed by atoms with Crippen molar-refractivity contribution < 1.29 is 14.3 Å². The molecule has 0 spiro atoms. The Bertz CT molecular complexity index is 292. The van der Waals surface area contributed by atoms with Gasteiger partial charge in [0.15, 0.2) is 0 Å². The number of aromatic nitrogens is 1. The van der Waals surface area contributed by atoms with Crippen molar-refractivity contribution in [3.63, 3.8) is 0 Å². The van der Waals surface area contributed by atoms with Gasteiger partial charge in [-0.3, -0.25) is 9.78 Å². The van der Waals surface area contributed by atoms with E-state index in [2.05, 4.69) is 4.98 Å². The Morgan fingerprint density at radius 2 is 2.33 bits per heavy atom. The van der Waals surface area contributed by atoms with E-state index in [1.54, 1.807) is 6.92 Å². The van der Waals surface area contributed by atoms with Gasteiger partial charge >= 0.3 is 5.97 Å². The zero-order chi connectivity index (χ0) is 9.14. The fourth-order valence-corrected chi connectivity index (χ4v) is 0.937. The maximum absolute atomic E-state index is 12.6. The first-order valence-electron chi connectivity index (χ1n) is 3.43. The van der Waals surface area contributed by atoms with Gasteiger partial charge in [0.25, 0.3) is 0 Å². The van der Waals surface area contributed by atoms with Crippen molar-refractivity contribution in [3.05, 3.63) is 29.3 Å². The highest BCUT2D eigenvalue weighted by Crippen LogP contribution is 2.04. The second kappa shape index (κ2) is 3.30. The standard InChI is InChI=1S/C8H8FNO2/c1-5-2-6(9)3-7(10-5)4-8(11)12/h2-3H,4H2,1H3,(H,11,12). The average Bonchev–Trinajstić information content (AvgIpc) is 1.81. The minimum atomic E-state index is -1.01. The maximum atomic E-state index is 12.6. The predicted octanol–water partition coefficient (Wildman–Crippen LogP) is 1.16. The molecule has 12 heavy (non-hydrogen) atoms. The summed E-state index contributed by atoms with van der Waals surface area (Å²) in [6.07, 6.45) is -0.238. The summed E-state index contributed by atoms with van der Waals surface area (Å²) in [6, 6.07) is 2.38. The van der Waals surface area contributed by atoms with E-state index in [1.807, 2.05) is 0 Å². The summed E-state index contributed by atoms with van der Waals surface area (Å²) in [5.41, 5.74) is 0.742. The summed E-state index contributed by atoms with van der Waals surface area (Å²) in [7, 11) is 0.